The van der Waals surface area contributed by atoms with Gasteiger partial charge < -0.3 is 11.1 Å². The minimum atomic E-state index is 0.137. The van der Waals surface area contributed by atoms with E-state index in [0.717, 1.165) is 32.2 Å². The van der Waals surface area contributed by atoms with Crippen LogP contribution in [0.25, 0.3) is 0 Å². The molecule has 0 saturated heterocycles. The average Bonchev–Trinajstić information content (AvgIpc) is 2.27. The number of nitrogens with two attached hydrogens (primary N) is 1. The molecule has 3 heteroatoms. The molecule has 17 heavy (non-hydrogen) atoms. The molecule has 100 valence electrons. The van der Waals surface area contributed by atoms with Gasteiger partial charge in [-0.3, -0.25) is 4.79 Å². The van der Waals surface area contributed by atoms with Crippen LogP contribution in [-0.2, 0) is 4.79 Å². The van der Waals surface area contributed by atoms with Crippen molar-refractivity contribution >= 4 is 5.91 Å². The summed E-state index contributed by atoms with van der Waals surface area (Å²) in [5.74, 6) is 1.56. The van der Waals surface area contributed by atoms with Gasteiger partial charge >= 0.3 is 0 Å². The number of nitrogens with one attached hydrogen (secondary N) is 1. The zero-order valence-corrected chi connectivity index (χ0v) is 11.5. The van der Waals surface area contributed by atoms with Crippen LogP contribution in [-0.4, -0.2) is 18.5 Å². The van der Waals surface area contributed by atoms with Crippen LogP contribution >= 0.6 is 0 Å². The second-order valence-electron chi connectivity index (χ2n) is 5.98. The normalized spacial score (nSPS) is 29.4. The smallest absolute Gasteiger partial charge is 0.223 e. The van der Waals surface area contributed by atoms with Gasteiger partial charge in [0.1, 0.15) is 0 Å². The Morgan fingerprint density at radius 3 is 2.76 bits per heavy atom. The van der Waals surface area contributed by atoms with Crippen molar-refractivity contribution in [2.75, 3.05) is 6.54 Å². The van der Waals surface area contributed by atoms with E-state index < -0.39 is 0 Å². The Hall–Kier alpha value is -0.570. The molecule has 3 N–H and O–H groups in total. The van der Waals surface area contributed by atoms with E-state index in [-0.39, 0.29) is 17.9 Å². The van der Waals surface area contributed by atoms with Gasteiger partial charge in [0, 0.05) is 18.5 Å². The highest BCUT2D eigenvalue weighted by molar-refractivity contribution is 5.79. The Morgan fingerprint density at radius 1 is 1.41 bits per heavy atom. The summed E-state index contributed by atoms with van der Waals surface area (Å²) < 4.78 is 0. The van der Waals surface area contributed by atoms with E-state index in [1.165, 1.54) is 6.42 Å². The van der Waals surface area contributed by atoms with Crippen molar-refractivity contribution < 1.29 is 4.79 Å². The molecule has 0 radical (unpaired) electrons. The molecule has 0 aromatic rings. The number of carbonyl (C=O) groups excluding carboxylic acids is 1. The Bertz CT molecular complexity index is 240. The minimum absolute atomic E-state index is 0.137. The van der Waals surface area contributed by atoms with E-state index in [0.29, 0.717) is 11.8 Å². The maximum atomic E-state index is 12.0. The summed E-state index contributed by atoms with van der Waals surface area (Å²) >= 11 is 0. The number of hydrogen-bond acceptors (Lipinski definition) is 2. The third kappa shape index (κ3) is 5.07. The van der Waals surface area contributed by atoms with Gasteiger partial charge in [0.15, 0.2) is 0 Å². The Balaban J connectivity index is 2.26. The molecule has 3 atom stereocenters. The number of carbonyl (C=O) groups is 1. The molecule has 0 spiro atoms. The summed E-state index contributed by atoms with van der Waals surface area (Å²) in [6, 6.07) is 0.220. The molecular formula is C14H28N2O. The standard InChI is InChI=1S/C14H28N2O/c1-10(2)5-4-8-16-14(17)13-9-12(15)7-6-11(13)3/h10-13H,4-9,15H2,1-3H3,(H,16,17). The molecule has 3 unspecified atom stereocenters. The molecule has 1 saturated carbocycles. The van der Waals surface area contributed by atoms with Crippen LogP contribution in [0.1, 0.15) is 52.9 Å². The number of amides is 1. The molecule has 0 heterocycles. The molecule has 1 aliphatic rings. The molecule has 1 rings (SSSR count). The third-order valence-corrected chi connectivity index (χ3v) is 3.83. The minimum Gasteiger partial charge on any atom is -0.356 e. The van der Waals surface area contributed by atoms with Crippen molar-refractivity contribution in [2.24, 2.45) is 23.5 Å². The van der Waals surface area contributed by atoms with E-state index in [9.17, 15) is 4.79 Å². The first-order valence-electron chi connectivity index (χ1n) is 7.04. The zero-order valence-electron chi connectivity index (χ0n) is 11.5. The van der Waals surface area contributed by atoms with E-state index in [2.05, 4.69) is 26.1 Å². The fraction of sp³-hybridized carbons (Fsp3) is 0.929. The second kappa shape index (κ2) is 7.00. The molecule has 1 fully saturated rings. The monoisotopic (exact) mass is 240 g/mol. The van der Waals surface area contributed by atoms with Crippen LogP contribution in [0.4, 0.5) is 0 Å². The third-order valence-electron chi connectivity index (χ3n) is 3.83. The Kier molecular flexibility index (Phi) is 5.96. The van der Waals surface area contributed by atoms with Crippen molar-refractivity contribution in [1.82, 2.24) is 5.32 Å². The lowest BCUT2D eigenvalue weighted by atomic mass is 9.77. The number of rotatable bonds is 5. The van der Waals surface area contributed by atoms with Crippen molar-refractivity contribution in [3.05, 3.63) is 0 Å². The van der Waals surface area contributed by atoms with Gasteiger partial charge in [-0.25, -0.2) is 0 Å². The lowest BCUT2D eigenvalue weighted by Gasteiger charge is -2.31. The second-order valence-corrected chi connectivity index (χ2v) is 5.98. The van der Waals surface area contributed by atoms with Crippen LogP contribution in [0, 0.1) is 17.8 Å². The predicted octanol–water partition coefficient (Wildman–Crippen LogP) is 2.30. The van der Waals surface area contributed by atoms with Gasteiger partial charge in [-0.15, -0.1) is 0 Å². The van der Waals surface area contributed by atoms with Crippen LogP contribution in [0.3, 0.4) is 0 Å². The highest BCUT2D eigenvalue weighted by atomic mass is 16.1. The van der Waals surface area contributed by atoms with E-state index in [4.69, 9.17) is 5.73 Å². The molecule has 1 amide bonds. The fourth-order valence-corrected chi connectivity index (χ4v) is 2.57. The van der Waals surface area contributed by atoms with Crippen molar-refractivity contribution in [3.63, 3.8) is 0 Å². The lowest BCUT2D eigenvalue weighted by molar-refractivity contribution is -0.127. The van der Waals surface area contributed by atoms with Crippen LogP contribution < -0.4 is 11.1 Å². The van der Waals surface area contributed by atoms with Gasteiger partial charge in [-0.2, -0.15) is 0 Å². The molecule has 1 aliphatic carbocycles. The van der Waals surface area contributed by atoms with E-state index >= 15 is 0 Å². The highest BCUT2D eigenvalue weighted by Crippen LogP contribution is 2.29. The van der Waals surface area contributed by atoms with Crippen LogP contribution in [0.15, 0.2) is 0 Å². The van der Waals surface area contributed by atoms with Gasteiger partial charge in [0.2, 0.25) is 5.91 Å². The molecular weight excluding hydrogens is 212 g/mol. The van der Waals surface area contributed by atoms with Gasteiger partial charge in [0.05, 0.1) is 0 Å². The summed E-state index contributed by atoms with van der Waals surface area (Å²) in [6.45, 7) is 7.41. The zero-order chi connectivity index (χ0) is 12.8. The first-order chi connectivity index (χ1) is 8.00. The summed E-state index contributed by atoms with van der Waals surface area (Å²) in [7, 11) is 0. The lowest BCUT2D eigenvalue weighted by Crippen LogP contribution is -2.41. The fourth-order valence-electron chi connectivity index (χ4n) is 2.57. The van der Waals surface area contributed by atoms with E-state index in [1.54, 1.807) is 0 Å². The molecule has 3 nitrogen and oxygen atoms in total. The van der Waals surface area contributed by atoms with Gasteiger partial charge in [-0.1, -0.05) is 20.8 Å². The first kappa shape index (κ1) is 14.5. The average molecular weight is 240 g/mol. The maximum absolute atomic E-state index is 12.0. The van der Waals surface area contributed by atoms with Crippen LogP contribution in [0.5, 0.6) is 0 Å². The van der Waals surface area contributed by atoms with Crippen molar-refractivity contribution in [1.29, 1.82) is 0 Å². The summed E-state index contributed by atoms with van der Waals surface area (Å²) in [5, 5.41) is 3.06. The molecule has 0 bridgehead atoms. The summed E-state index contributed by atoms with van der Waals surface area (Å²) in [4.78, 5) is 12.0. The van der Waals surface area contributed by atoms with Gasteiger partial charge in [0.25, 0.3) is 0 Å². The van der Waals surface area contributed by atoms with Gasteiger partial charge in [-0.05, 0) is 43.9 Å². The summed E-state index contributed by atoms with van der Waals surface area (Å²) in [6.07, 6.45) is 5.28. The molecule has 0 aromatic carbocycles. The first-order valence-corrected chi connectivity index (χ1v) is 7.04. The molecule has 0 aliphatic heterocycles. The Labute approximate surface area is 106 Å². The number of hydrogen-bond donors (Lipinski definition) is 2. The molecule has 0 aromatic heterocycles. The topological polar surface area (TPSA) is 55.1 Å². The Morgan fingerprint density at radius 2 is 2.12 bits per heavy atom. The maximum Gasteiger partial charge on any atom is 0.223 e. The quantitative estimate of drug-likeness (QED) is 0.725. The predicted molar refractivity (Wildman–Crippen MR) is 71.6 cm³/mol. The van der Waals surface area contributed by atoms with E-state index in [1.807, 2.05) is 0 Å². The summed E-state index contributed by atoms with van der Waals surface area (Å²) in [5.41, 5.74) is 5.94. The van der Waals surface area contributed by atoms with Crippen molar-refractivity contribution in [2.45, 2.75) is 58.9 Å². The largest absolute Gasteiger partial charge is 0.356 e. The van der Waals surface area contributed by atoms with Crippen molar-refractivity contribution in [3.8, 4) is 0 Å². The van der Waals surface area contributed by atoms with Crippen LogP contribution in [0.2, 0.25) is 0 Å². The highest BCUT2D eigenvalue weighted by Gasteiger charge is 2.30. The SMILES string of the molecule is CC(C)CCCNC(=O)C1CC(N)CCC1C.